The van der Waals surface area contributed by atoms with Crippen molar-refractivity contribution in [2.45, 2.75) is 24.3 Å². The van der Waals surface area contributed by atoms with Crippen molar-refractivity contribution in [2.75, 3.05) is 7.11 Å². The van der Waals surface area contributed by atoms with E-state index in [2.05, 4.69) is 25.4 Å². The maximum absolute atomic E-state index is 12.1. The molecule has 10 heteroatoms. The third-order valence-electron chi connectivity index (χ3n) is 2.24. The number of methoxy groups -OCH3 is 1. The van der Waals surface area contributed by atoms with E-state index in [1.165, 1.54) is 13.8 Å². The van der Waals surface area contributed by atoms with Crippen molar-refractivity contribution >= 4 is 37.9 Å². The summed E-state index contributed by atoms with van der Waals surface area (Å²) >= 11 is 2.82. The van der Waals surface area contributed by atoms with Gasteiger partial charge in [-0.25, -0.2) is 13.2 Å². The molecule has 0 bridgehead atoms. The molecule has 0 aliphatic heterocycles. The quantitative estimate of drug-likeness (QED) is 0.741. The molecule has 1 rings (SSSR count). The van der Waals surface area contributed by atoms with Crippen LogP contribution in [0.15, 0.2) is 20.0 Å². The van der Waals surface area contributed by atoms with Gasteiger partial charge in [-0.2, -0.15) is 4.72 Å². The highest BCUT2D eigenvalue weighted by Gasteiger charge is 2.36. The molecule has 0 radical (unpaired) electrons. The molecule has 112 valence electrons. The molecule has 0 unspecified atom stereocenters. The Hall–Kier alpha value is -1.39. The standard InChI is InChI=1S/C10H12BrNO7S/c1-10(2,9(15)18-3)12-20(16,17)6-4-5(8(13)14)19-7(6)11/h4,12H,1-3H3,(H,13,14). The Morgan fingerprint density at radius 3 is 2.40 bits per heavy atom. The molecule has 0 saturated carbocycles. The molecule has 1 aromatic rings. The number of aromatic carboxylic acids is 1. The number of ether oxygens (including phenoxy) is 1. The molecule has 1 heterocycles. The molecular weight excluding hydrogens is 358 g/mol. The third-order valence-corrected chi connectivity index (χ3v) is 4.75. The number of hydrogen-bond donors (Lipinski definition) is 2. The zero-order valence-electron chi connectivity index (χ0n) is 10.8. The smallest absolute Gasteiger partial charge is 0.371 e. The molecule has 0 spiro atoms. The second-order valence-corrected chi connectivity index (χ2v) is 6.65. The summed E-state index contributed by atoms with van der Waals surface area (Å²) in [4.78, 5) is 21.8. The summed E-state index contributed by atoms with van der Waals surface area (Å²) in [5, 5.41) is 8.74. The first-order chi connectivity index (χ1) is 9.01. The van der Waals surface area contributed by atoms with Crippen LogP contribution in [0.5, 0.6) is 0 Å². The van der Waals surface area contributed by atoms with Crippen molar-refractivity contribution in [2.24, 2.45) is 0 Å². The minimum absolute atomic E-state index is 0.275. The fourth-order valence-electron chi connectivity index (χ4n) is 1.33. The first-order valence-corrected chi connectivity index (χ1v) is 7.44. The highest BCUT2D eigenvalue weighted by atomic mass is 79.9. The van der Waals surface area contributed by atoms with Crippen molar-refractivity contribution in [3.8, 4) is 0 Å². The average Bonchev–Trinajstić information content (AvgIpc) is 2.69. The molecule has 0 aliphatic rings. The van der Waals surface area contributed by atoms with Crippen LogP contribution in [-0.2, 0) is 19.6 Å². The summed E-state index contributed by atoms with van der Waals surface area (Å²) in [6.45, 7) is 2.62. The van der Waals surface area contributed by atoms with Gasteiger partial charge in [0.2, 0.25) is 15.8 Å². The van der Waals surface area contributed by atoms with E-state index in [0.29, 0.717) is 0 Å². The molecule has 0 atom stereocenters. The molecule has 1 aromatic heterocycles. The van der Waals surface area contributed by atoms with Crippen LogP contribution in [0.4, 0.5) is 0 Å². The molecule has 0 saturated heterocycles. The Balaban J connectivity index is 3.18. The molecule has 8 nitrogen and oxygen atoms in total. The zero-order valence-corrected chi connectivity index (χ0v) is 13.2. The molecule has 0 fully saturated rings. The summed E-state index contributed by atoms with van der Waals surface area (Å²) in [5.41, 5.74) is -1.52. The van der Waals surface area contributed by atoms with Gasteiger partial charge in [-0.05, 0) is 29.8 Å². The van der Waals surface area contributed by atoms with Crippen LogP contribution in [0, 0.1) is 0 Å². The fourth-order valence-corrected chi connectivity index (χ4v) is 3.64. The van der Waals surface area contributed by atoms with Crippen LogP contribution in [-0.4, -0.2) is 38.1 Å². The summed E-state index contributed by atoms with van der Waals surface area (Å²) in [5.74, 6) is -2.76. The number of esters is 1. The highest BCUT2D eigenvalue weighted by molar-refractivity contribution is 9.10. The van der Waals surface area contributed by atoms with Gasteiger partial charge in [0.25, 0.3) is 0 Å². The number of halogens is 1. The molecule has 0 aromatic carbocycles. The SMILES string of the molecule is COC(=O)C(C)(C)NS(=O)(=O)c1cc(C(=O)O)oc1Br. The van der Waals surface area contributed by atoms with E-state index in [1.807, 2.05) is 0 Å². The van der Waals surface area contributed by atoms with Gasteiger partial charge in [-0.3, -0.25) is 4.79 Å². The van der Waals surface area contributed by atoms with Gasteiger partial charge in [-0.15, -0.1) is 0 Å². The van der Waals surface area contributed by atoms with Crippen LogP contribution < -0.4 is 4.72 Å². The minimum Gasteiger partial charge on any atom is -0.475 e. The average molecular weight is 370 g/mol. The van der Waals surface area contributed by atoms with E-state index in [9.17, 15) is 18.0 Å². The van der Waals surface area contributed by atoms with E-state index < -0.39 is 38.2 Å². The van der Waals surface area contributed by atoms with Gasteiger partial charge in [-0.1, -0.05) is 0 Å². The number of hydrogen-bond acceptors (Lipinski definition) is 6. The van der Waals surface area contributed by atoms with Crippen molar-refractivity contribution in [1.29, 1.82) is 0 Å². The maximum atomic E-state index is 12.1. The van der Waals surface area contributed by atoms with Crippen molar-refractivity contribution in [3.05, 3.63) is 16.5 Å². The van der Waals surface area contributed by atoms with Gasteiger partial charge < -0.3 is 14.3 Å². The number of rotatable bonds is 5. The van der Waals surface area contributed by atoms with Gasteiger partial charge in [0.05, 0.1) is 7.11 Å². The molecular formula is C10H12BrNO7S. The monoisotopic (exact) mass is 369 g/mol. The number of furan rings is 1. The second-order valence-electron chi connectivity index (χ2n) is 4.28. The van der Waals surface area contributed by atoms with Crippen LogP contribution in [0.2, 0.25) is 0 Å². The van der Waals surface area contributed by atoms with Crippen LogP contribution in [0.25, 0.3) is 0 Å². The maximum Gasteiger partial charge on any atom is 0.371 e. The normalized spacial score (nSPS) is 12.2. The van der Waals surface area contributed by atoms with Gasteiger partial charge in [0.1, 0.15) is 10.4 Å². The third kappa shape index (κ3) is 3.38. The highest BCUT2D eigenvalue weighted by Crippen LogP contribution is 2.27. The first-order valence-electron chi connectivity index (χ1n) is 5.16. The minimum atomic E-state index is -4.17. The Labute approximate surface area is 123 Å². The second kappa shape index (κ2) is 5.54. The van der Waals surface area contributed by atoms with Gasteiger partial charge in [0, 0.05) is 6.07 Å². The van der Waals surface area contributed by atoms with E-state index in [1.54, 1.807) is 0 Å². The summed E-state index contributed by atoms with van der Waals surface area (Å²) in [6.07, 6.45) is 0. The van der Waals surface area contributed by atoms with Crippen molar-refractivity contribution in [1.82, 2.24) is 4.72 Å². The van der Waals surface area contributed by atoms with Crippen molar-refractivity contribution in [3.63, 3.8) is 0 Å². The topological polar surface area (TPSA) is 123 Å². The lowest BCUT2D eigenvalue weighted by Gasteiger charge is -2.22. The molecule has 0 aliphatic carbocycles. The number of carboxylic acids is 1. The lowest BCUT2D eigenvalue weighted by molar-refractivity contribution is -0.146. The van der Waals surface area contributed by atoms with Crippen molar-refractivity contribution < 1.29 is 32.3 Å². The Morgan fingerprint density at radius 2 is 2.00 bits per heavy atom. The number of carbonyl (C=O) groups is 2. The first kappa shape index (κ1) is 16.7. The Kier molecular flexibility index (Phi) is 4.62. The molecule has 2 N–H and O–H groups in total. The lowest BCUT2D eigenvalue weighted by atomic mass is 10.1. The van der Waals surface area contributed by atoms with E-state index >= 15 is 0 Å². The predicted octanol–water partition coefficient (Wildman–Crippen LogP) is 0.970. The van der Waals surface area contributed by atoms with Crippen LogP contribution in [0.1, 0.15) is 24.4 Å². The number of sulfonamides is 1. The van der Waals surface area contributed by atoms with E-state index in [0.717, 1.165) is 13.2 Å². The number of nitrogens with one attached hydrogen (secondary N) is 1. The fraction of sp³-hybridized carbons (Fsp3) is 0.400. The zero-order chi connectivity index (χ0) is 15.7. The van der Waals surface area contributed by atoms with Gasteiger partial charge >= 0.3 is 11.9 Å². The number of carbonyl (C=O) groups excluding carboxylic acids is 1. The largest absolute Gasteiger partial charge is 0.475 e. The van der Waals surface area contributed by atoms with Crippen LogP contribution >= 0.6 is 15.9 Å². The Bertz CT molecular complexity index is 647. The molecule has 20 heavy (non-hydrogen) atoms. The van der Waals surface area contributed by atoms with Crippen LogP contribution in [0.3, 0.4) is 0 Å². The Morgan fingerprint density at radius 1 is 1.45 bits per heavy atom. The summed E-state index contributed by atoms with van der Waals surface area (Å²) in [7, 11) is -3.05. The number of carboxylic acid groups (broad SMARTS) is 1. The van der Waals surface area contributed by atoms with E-state index in [4.69, 9.17) is 9.52 Å². The lowest BCUT2D eigenvalue weighted by Crippen LogP contribution is -2.50. The molecule has 0 amide bonds. The van der Waals surface area contributed by atoms with Gasteiger partial charge in [0.15, 0.2) is 4.67 Å². The predicted molar refractivity (Wildman–Crippen MR) is 69.8 cm³/mol. The summed E-state index contributed by atoms with van der Waals surface area (Å²) in [6, 6.07) is 0.835. The summed E-state index contributed by atoms with van der Waals surface area (Å²) < 4.78 is 35.3. The van der Waals surface area contributed by atoms with E-state index in [-0.39, 0.29) is 4.67 Å².